The Hall–Kier alpha value is -2.82. The third-order valence-corrected chi connectivity index (χ3v) is 6.68. The Morgan fingerprint density at radius 3 is 2.77 bits per heavy atom. The Labute approximate surface area is 190 Å². The lowest BCUT2D eigenvalue weighted by Gasteiger charge is -2.29. The maximum Gasteiger partial charge on any atom is 0.270 e. The van der Waals surface area contributed by atoms with Crippen LogP contribution in [0.3, 0.4) is 0 Å². The zero-order valence-corrected chi connectivity index (χ0v) is 18.2. The van der Waals surface area contributed by atoms with E-state index in [9.17, 15) is 14.7 Å². The van der Waals surface area contributed by atoms with Gasteiger partial charge in [-0.05, 0) is 24.5 Å². The van der Waals surface area contributed by atoms with Gasteiger partial charge in [0.25, 0.3) is 11.5 Å². The highest BCUT2D eigenvalue weighted by Crippen LogP contribution is 2.41. The van der Waals surface area contributed by atoms with Crippen molar-refractivity contribution < 1.29 is 9.90 Å². The Balaban J connectivity index is 1.81. The van der Waals surface area contributed by atoms with Crippen molar-refractivity contribution in [3.63, 3.8) is 0 Å². The first-order valence-electron chi connectivity index (χ1n) is 9.16. The van der Waals surface area contributed by atoms with Crippen molar-refractivity contribution in [2.75, 3.05) is 5.73 Å². The minimum Gasteiger partial charge on any atom is -0.493 e. The number of nitrogens with zero attached hydrogens (tertiary/aromatic N) is 4. The average Bonchev–Trinajstić information content (AvgIpc) is 2.70. The van der Waals surface area contributed by atoms with Gasteiger partial charge in [-0.25, -0.2) is 9.97 Å². The van der Waals surface area contributed by atoms with Crippen molar-refractivity contribution in [3.05, 3.63) is 61.9 Å². The molecule has 1 amide bonds. The molecule has 1 atom stereocenters. The van der Waals surface area contributed by atoms with Crippen molar-refractivity contribution in [2.24, 2.45) is 5.73 Å². The summed E-state index contributed by atoms with van der Waals surface area (Å²) in [6.07, 6.45) is 3.17. The fourth-order valence-electron chi connectivity index (χ4n) is 3.57. The van der Waals surface area contributed by atoms with Crippen LogP contribution in [0.1, 0.15) is 40.6 Å². The number of hydrogen-bond acceptors (Lipinski definition) is 8. The highest BCUT2D eigenvalue weighted by Gasteiger charge is 2.30. The van der Waals surface area contributed by atoms with Gasteiger partial charge in [-0.3, -0.25) is 14.2 Å². The third-order valence-electron chi connectivity index (χ3n) is 4.90. The predicted octanol–water partition coefficient (Wildman–Crippen LogP) is 2.80. The van der Waals surface area contributed by atoms with Crippen molar-refractivity contribution in [1.82, 2.24) is 19.5 Å². The standard InChI is InChI=1S/C19H16Cl2N6O3S/c20-11-7-24-18(15(22)25-11)31-10-5-1-3-8(14(10)21)9-4-2-6-12-26-17(29)13(16(23)28)19(30)27(9)12/h1,3,5,7,9,29H,2,4,6H2,(H2,22,25)(H2,23,28). The zero-order chi connectivity index (χ0) is 22.3. The second kappa shape index (κ2) is 8.37. The molecule has 3 aromatic rings. The molecule has 9 nitrogen and oxygen atoms in total. The van der Waals surface area contributed by atoms with Crippen molar-refractivity contribution in [3.8, 4) is 5.88 Å². The molecule has 1 aliphatic heterocycles. The number of hydrogen-bond donors (Lipinski definition) is 3. The normalized spacial score (nSPS) is 15.5. The molecule has 1 aliphatic rings. The fourth-order valence-corrected chi connectivity index (χ4v) is 4.90. The van der Waals surface area contributed by atoms with Gasteiger partial charge in [-0.2, -0.15) is 4.98 Å². The summed E-state index contributed by atoms with van der Waals surface area (Å²) in [6.45, 7) is 0. The number of primary amides is 1. The summed E-state index contributed by atoms with van der Waals surface area (Å²) in [7, 11) is 0. The number of aromatic nitrogens is 4. The number of benzene rings is 1. The maximum absolute atomic E-state index is 13.0. The molecule has 31 heavy (non-hydrogen) atoms. The molecule has 0 fully saturated rings. The number of fused-ring (bicyclic) bond motifs is 1. The van der Waals surface area contributed by atoms with Gasteiger partial charge in [0, 0.05) is 11.3 Å². The number of carbonyl (C=O) groups excluding carboxylic acids is 1. The van der Waals surface area contributed by atoms with Crippen LogP contribution in [0.5, 0.6) is 5.88 Å². The summed E-state index contributed by atoms with van der Waals surface area (Å²) in [5.41, 5.74) is 10.6. The van der Waals surface area contributed by atoms with Crippen molar-refractivity contribution in [1.29, 1.82) is 0 Å². The van der Waals surface area contributed by atoms with E-state index in [1.807, 2.05) is 0 Å². The smallest absolute Gasteiger partial charge is 0.270 e. The van der Waals surface area contributed by atoms with Crippen LogP contribution in [0, 0.1) is 0 Å². The van der Waals surface area contributed by atoms with E-state index in [0.29, 0.717) is 39.2 Å². The van der Waals surface area contributed by atoms with Crippen LogP contribution < -0.4 is 17.0 Å². The van der Waals surface area contributed by atoms with E-state index in [-0.39, 0.29) is 11.0 Å². The van der Waals surface area contributed by atoms with Crippen LogP contribution in [-0.4, -0.2) is 30.5 Å². The predicted molar refractivity (Wildman–Crippen MR) is 117 cm³/mol. The van der Waals surface area contributed by atoms with E-state index in [4.69, 9.17) is 34.7 Å². The maximum atomic E-state index is 13.0. The SMILES string of the molecule is NC(=O)c1c(O)nc2n(c1=O)C(c1cccc(Sc3ncc(Cl)nc3N)c1Cl)CCC2. The minimum atomic E-state index is -1.04. The van der Waals surface area contributed by atoms with Crippen LogP contribution in [0.25, 0.3) is 0 Å². The Bertz CT molecular complexity index is 1270. The van der Waals surface area contributed by atoms with Gasteiger partial charge in [-0.1, -0.05) is 47.1 Å². The summed E-state index contributed by atoms with van der Waals surface area (Å²) in [4.78, 5) is 37.5. The second-order valence-electron chi connectivity index (χ2n) is 6.82. The molecule has 0 saturated heterocycles. The van der Waals surface area contributed by atoms with Gasteiger partial charge in [0.15, 0.2) is 11.4 Å². The van der Waals surface area contributed by atoms with Crippen molar-refractivity contribution in [2.45, 2.75) is 35.2 Å². The largest absolute Gasteiger partial charge is 0.493 e. The third kappa shape index (κ3) is 3.93. The lowest BCUT2D eigenvalue weighted by molar-refractivity contribution is 0.0994. The van der Waals surface area contributed by atoms with Gasteiger partial charge >= 0.3 is 0 Å². The Morgan fingerprint density at radius 1 is 1.29 bits per heavy atom. The lowest BCUT2D eigenvalue weighted by atomic mass is 9.96. The number of aryl methyl sites for hydroxylation is 1. The Kier molecular flexibility index (Phi) is 5.78. The Morgan fingerprint density at radius 2 is 2.06 bits per heavy atom. The van der Waals surface area contributed by atoms with Crippen LogP contribution in [0.15, 0.2) is 39.1 Å². The molecule has 4 rings (SSSR count). The van der Waals surface area contributed by atoms with E-state index in [0.717, 1.165) is 6.42 Å². The molecule has 5 N–H and O–H groups in total. The summed E-state index contributed by atoms with van der Waals surface area (Å²) >= 11 is 13.7. The minimum absolute atomic E-state index is 0.170. The first-order valence-corrected chi connectivity index (χ1v) is 10.7. The number of nitrogens with two attached hydrogens (primary N) is 2. The van der Waals surface area contributed by atoms with E-state index in [1.165, 1.54) is 22.5 Å². The molecule has 0 radical (unpaired) electrons. The van der Waals surface area contributed by atoms with Gasteiger partial charge in [0.1, 0.15) is 16.0 Å². The molecule has 0 bridgehead atoms. The molecule has 1 unspecified atom stereocenters. The van der Waals surface area contributed by atoms with Crippen molar-refractivity contribution >= 4 is 46.7 Å². The second-order valence-corrected chi connectivity index (χ2v) is 8.61. The number of rotatable bonds is 4. The highest BCUT2D eigenvalue weighted by molar-refractivity contribution is 7.99. The van der Waals surface area contributed by atoms with Gasteiger partial charge in [0.05, 0.1) is 17.3 Å². The molecule has 1 aromatic carbocycles. The average molecular weight is 479 g/mol. The number of amides is 1. The van der Waals surface area contributed by atoms with Gasteiger partial charge in [-0.15, -0.1) is 0 Å². The molecule has 12 heteroatoms. The van der Waals surface area contributed by atoms with E-state index < -0.39 is 29.0 Å². The molecular formula is C19H16Cl2N6O3S. The van der Waals surface area contributed by atoms with Crippen LogP contribution in [-0.2, 0) is 6.42 Å². The van der Waals surface area contributed by atoms with Gasteiger partial charge < -0.3 is 16.6 Å². The molecule has 2 aromatic heterocycles. The molecule has 0 saturated carbocycles. The van der Waals surface area contributed by atoms with Crippen LogP contribution >= 0.6 is 35.0 Å². The van der Waals surface area contributed by atoms with Crippen LogP contribution in [0.4, 0.5) is 5.82 Å². The number of carbonyl (C=O) groups is 1. The zero-order valence-electron chi connectivity index (χ0n) is 15.9. The first kappa shape index (κ1) is 21.4. The number of anilines is 1. The van der Waals surface area contributed by atoms with E-state index in [1.54, 1.807) is 18.2 Å². The van der Waals surface area contributed by atoms with E-state index >= 15 is 0 Å². The monoisotopic (exact) mass is 478 g/mol. The number of nitrogen functional groups attached to an aromatic ring is 1. The summed E-state index contributed by atoms with van der Waals surface area (Å²) < 4.78 is 1.38. The molecule has 0 spiro atoms. The summed E-state index contributed by atoms with van der Waals surface area (Å²) in [5.74, 6) is -1.16. The quantitative estimate of drug-likeness (QED) is 0.517. The lowest BCUT2D eigenvalue weighted by Crippen LogP contribution is -2.37. The summed E-state index contributed by atoms with van der Waals surface area (Å²) in [6, 6.07) is 4.91. The molecule has 3 heterocycles. The highest BCUT2D eigenvalue weighted by atomic mass is 35.5. The topological polar surface area (TPSA) is 150 Å². The summed E-state index contributed by atoms with van der Waals surface area (Å²) in [5, 5.41) is 11.0. The van der Waals surface area contributed by atoms with E-state index in [2.05, 4.69) is 15.0 Å². The number of aromatic hydroxyl groups is 1. The number of halogens is 2. The molecule has 160 valence electrons. The fraction of sp³-hybridized carbons (Fsp3) is 0.211. The molecule has 0 aliphatic carbocycles. The molecular weight excluding hydrogens is 463 g/mol. The van der Waals surface area contributed by atoms with Gasteiger partial charge in [0.2, 0.25) is 5.88 Å². The first-order chi connectivity index (χ1) is 14.8. The van der Waals surface area contributed by atoms with Crippen LogP contribution in [0.2, 0.25) is 10.2 Å².